The SMILES string of the molecule is Cc1ccccc1-n1c(C)cc(/C=N/NC(=O)CN(c2cccc(Br)c2)S(C)(=O)=O)c1C. The summed E-state index contributed by atoms with van der Waals surface area (Å²) in [7, 11) is -3.65. The fraction of sp³-hybridized carbons (Fsp3) is 0.217. The highest BCUT2D eigenvalue weighted by Gasteiger charge is 2.21. The molecule has 2 aromatic carbocycles. The number of benzene rings is 2. The van der Waals surface area contributed by atoms with E-state index in [1.807, 2.05) is 32.0 Å². The summed E-state index contributed by atoms with van der Waals surface area (Å²) in [5, 5.41) is 4.05. The van der Waals surface area contributed by atoms with Gasteiger partial charge in [-0.3, -0.25) is 9.10 Å². The molecule has 0 fully saturated rings. The Morgan fingerprint density at radius 3 is 2.50 bits per heavy atom. The molecule has 9 heteroatoms. The minimum Gasteiger partial charge on any atom is -0.318 e. The summed E-state index contributed by atoms with van der Waals surface area (Å²) in [5.41, 5.74) is 7.95. The lowest BCUT2D eigenvalue weighted by Crippen LogP contribution is -2.39. The molecule has 0 spiro atoms. The number of hydrogen-bond donors (Lipinski definition) is 1. The third kappa shape index (κ3) is 5.46. The first-order valence-electron chi connectivity index (χ1n) is 9.88. The Balaban J connectivity index is 1.75. The maximum Gasteiger partial charge on any atom is 0.260 e. The van der Waals surface area contributed by atoms with Gasteiger partial charge in [0.1, 0.15) is 6.54 Å². The van der Waals surface area contributed by atoms with Crippen molar-refractivity contribution in [1.82, 2.24) is 9.99 Å². The van der Waals surface area contributed by atoms with Crippen LogP contribution in [-0.4, -0.2) is 37.9 Å². The van der Waals surface area contributed by atoms with Gasteiger partial charge in [-0.1, -0.05) is 40.2 Å². The lowest BCUT2D eigenvalue weighted by atomic mass is 10.2. The summed E-state index contributed by atoms with van der Waals surface area (Å²) in [6, 6.07) is 16.8. The number of rotatable bonds is 7. The summed E-state index contributed by atoms with van der Waals surface area (Å²) in [5.74, 6) is -0.542. The summed E-state index contributed by atoms with van der Waals surface area (Å²) in [6.07, 6.45) is 2.63. The first-order chi connectivity index (χ1) is 15.1. The van der Waals surface area contributed by atoms with E-state index in [1.165, 1.54) is 0 Å². The van der Waals surface area contributed by atoms with Crippen LogP contribution in [0.1, 0.15) is 22.5 Å². The molecule has 0 aliphatic carbocycles. The lowest BCUT2D eigenvalue weighted by Gasteiger charge is -2.21. The molecule has 0 unspecified atom stereocenters. The second-order valence-corrected chi connectivity index (χ2v) is 10.3. The average Bonchev–Trinajstić information content (AvgIpc) is 2.99. The fourth-order valence-electron chi connectivity index (χ4n) is 3.47. The second kappa shape index (κ2) is 9.70. The highest BCUT2D eigenvalue weighted by molar-refractivity contribution is 9.10. The predicted molar refractivity (Wildman–Crippen MR) is 132 cm³/mol. The lowest BCUT2D eigenvalue weighted by molar-refractivity contribution is -0.119. The first kappa shape index (κ1) is 23.7. The van der Waals surface area contributed by atoms with Crippen LogP contribution in [0.25, 0.3) is 5.69 Å². The number of para-hydroxylation sites is 1. The summed E-state index contributed by atoms with van der Waals surface area (Å²) in [6.45, 7) is 5.68. The number of halogens is 1. The van der Waals surface area contributed by atoms with Crippen LogP contribution in [0.5, 0.6) is 0 Å². The number of amides is 1. The van der Waals surface area contributed by atoms with Crippen LogP contribution in [0.3, 0.4) is 0 Å². The number of hydrazone groups is 1. The number of nitrogens with one attached hydrogen (secondary N) is 1. The first-order valence-corrected chi connectivity index (χ1v) is 12.5. The van der Waals surface area contributed by atoms with Gasteiger partial charge in [-0.25, -0.2) is 13.8 Å². The van der Waals surface area contributed by atoms with Gasteiger partial charge in [0.15, 0.2) is 0 Å². The highest BCUT2D eigenvalue weighted by Crippen LogP contribution is 2.23. The molecule has 0 saturated carbocycles. The van der Waals surface area contributed by atoms with Gasteiger partial charge in [-0.2, -0.15) is 5.10 Å². The van der Waals surface area contributed by atoms with E-state index in [0.717, 1.165) is 38.8 Å². The van der Waals surface area contributed by atoms with Crippen molar-refractivity contribution in [2.45, 2.75) is 20.8 Å². The Morgan fingerprint density at radius 1 is 1.12 bits per heavy atom. The monoisotopic (exact) mass is 516 g/mol. The van der Waals surface area contributed by atoms with E-state index in [2.05, 4.69) is 50.1 Å². The zero-order valence-electron chi connectivity index (χ0n) is 18.3. The summed E-state index contributed by atoms with van der Waals surface area (Å²) in [4.78, 5) is 12.4. The zero-order valence-corrected chi connectivity index (χ0v) is 20.7. The van der Waals surface area contributed by atoms with E-state index in [-0.39, 0.29) is 6.54 Å². The molecule has 0 atom stereocenters. The molecule has 3 aromatic rings. The van der Waals surface area contributed by atoms with E-state index >= 15 is 0 Å². The van der Waals surface area contributed by atoms with Gasteiger partial charge in [0.25, 0.3) is 5.91 Å². The van der Waals surface area contributed by atoms with Crippen LogP contribution in [-0.2, 0) is 14.8 Å². The summed E-state index contributed by atoms with van der Waals surface area (Å²) < 4.78 is 28.3. The average molecular weight is 517 g/mol. The van der Waals surface area contributed by atoms with Crippen LogP contribution in [0.2, 0.25) is 0 Å². The smallest absolute Gasteiger partial charge is 0.260 e. The van der Waals surface area contributed by atoms with Crippen LogP contribution < -0.4 is 9.73 Å². The van der Waals surface area contributed by atoms with Gasteiger partial charge in [-0.05, 0) is 56.7 Å². The van der Waals surface area contributed by atoms with E-state index < -0.39 is 15.9 Å². The molecular formula is C23H25BrN4O3S. The van der Waals surface area contributed by atoms with Gasteiger partial charge in [-0.15, -0.1) is 0 Å². The molecule has 0 aliphatic rings. The van der Waals surface area contributed by atoms with Gasteiger partial charge in [0.05, 0.1) is 18.2 Å². The van der Waals surface area contributed by atoms with Crippen LogP contribution in [0.15, 0.2) is 64.2 Å². The Morgan fingerprint density at radius 2 is 1.84 bits per heavy atom. The maximum atomic E-state index is 12.4. The van der Waals surface area contributed by atoms with Crippen molar-refractivity contribution in [1.29, 1.82) is 0 Å². The van der Waals surface area contributed by atoms with E-state index in [0.29, 0.717) is 10.2 Å². The molecule has 1 heterocycles. The molecule has 1 N–H and O–H groups in total. The van der Waals surface area contributed by atoms with Crippen molar-refractivity contribution in [3.8, 4) is 5.69 Å². The third-order valence-electron chi connectivity index (χ3n) is 5.00. The van der Waals surface area contributed by atoms with Crippen LogP contribution in [0, 0.1) is 20.8 Å². The van der Waals surface area contributed by atoms with Crippen LogP contribution in [0.4, 0.5) is 5.69 Å². The number of sulfonamides is 1. The normalized spacial score (nSPS) is 11.7. The molecular weight excluding hydrogens is 492 g/mol. The van der Waals surface area contributed by atoms with Crippen molar-refractivity contribution in [2.75, 3.05) is 17.1 Å². The molecule has 0 radical (unpaired) electrons. The summed E-state index contributed by atoms with van der Waals surface area (Å²) >= 11 is 3.32. The molecule has 0 bridgehead atoms. The number of aromatic nitrogens is 1. The van der Waals surface area contributed by atoms with Gasteiger partial charge < -0.3 is 4.57 Å². The fourth-order valence-corrected chi connectivity index (χ4v) is 4.71. The minimum atomic E-state index is -3.65. The maximum absolute atomic E-state index is 12.4. The topological polar surface area (TPSA) is 83.8 Å². The predicted octanol–water partition coefficient (Wildman–Crippen LogP) is 4.08. The van der Waals surface area contributed by atoms with Crippen molar-refractivity contribution in [2.24, 2.45) is 5.10 Å². The number of anilines is 1. The highest BCUT2D eigenvalue weighted by atomic mass is 79.9. The molecule has 0 aliphatic heterocycles. The third-order valence-corrected chi connectivity index (χ3v) is 6.64. The molecule has 0 saturated heterocycles. The van der Waals surface area contributed by atoms with Crippen molar-refractivity contribution in [3.05, 3.63) is 81.6 Å². The minimum absolute atomic E-state index is 0.380. The van der Waals surface area contributed by atoms with Crippen molar-refractivity contribution >= 4 is 43.8 Å². The Bertz CT molecular complexity index is 1280. The number of hydrogen-bond acceptors (Lipinski definition) is 4. The second-order valence-electron chi connectivity index (χ2n) is 7.49. The number of carbonyl (C=O) groups excluding carboxylic acids is 1. The van der Waals surface area contributed by atoms with Gasteiger partial charge >= 0.3 is 0 Å². The van der Waals surface area contributed by atoms with Crippen LogP contribution >= 0.6 is 15.9 Å². The van der Waals surface area contributed by atoms with Crippen molar-refractivity contribution < 1.29 is 13.2 Å². The Labute approximate surface area is 196 Å². The number of aryl methyl sites for hydroxylation is 2. The van der Waals surface area contributed by atoms with E-state index in [1.54, 1.807) is 30.5 Å². The largest absolute Gasteiger partial charge is 0.318 e. The Hall–Kier alpha value is -2.91. The zero-order chi connectivity index (χ0) is 23.5. The Kier molecular flexibility index (Phi) is 7.20. The number of carbonyl (C=O) groups is 1. The molecule has 1 amide bonds. The molecule has 32 heavy (non-hydrogen) atoms. The van der Waals surface area contributed by atoms with E-state index in [9.17, 15) is 13.2 Å². The molecule has 1 aromatic heterocycles. The standard InChI is InChI=1S/C23H25BrN4O3S/c1-16-8-5-6-11-22(16)28-17(2)12-19(18(28)3)14-25-26-23(29)15-27(32(4,30)31)21-10-7-9-20(24)13-21/h5-14H,15H2,1-4H3,(H,26,29)/b25-14+. The molecule has 3 rings (SSSR count). The molecule has 168 valence electrons. The van der Waals surface area contributed by atoms with Gasteiger partial charge in [0.2, 0.25) is 10.0 Å². The molecule has 7 nitrogen and oxygen atoms in total. The van der Waals surface area contributed by atoms with E-state index in [4.69, 9.17) is 0 Å². The number of nitrogens with zero attached hydrogens (tertiary/aromatic N) is 3. The van der Waals surface area contributed by atoms with Crippen molar-refractivity contribution in [3.63, 3.8) is 0 Å². The van der Waals surface area contributed by atoms with Gasteiger partial charge in [0, 0.05) is 27.1 Å². The quantitative estimate of drug-likeness (QED) is 0.379.